The Morgan fingerprint density at radius 1 is 0.938 bits per heavy atom. The van der Waals surface area contributed by atoms with E-state index in [4.69, 9.17) is 0 Å². The standard InChI is InChI=1S/C14H32N2/c1-6-8-12-16(7-2)13-10-9-11-15-14(3,4)5/h15H,6-13H2,1-5H3. The van der Waals surface area contributed by atoms with Crippen molar-refractivity contribution < 1.29 is 0 Å². The van der Waals surface area contributed by atoms with Gasteiger partial charge in [-0.1, -0.05) is 20.3 Å². The van der Waals surface area contributed by atoms with Gasteiger partial charge >= 0.3 is 0 Å². The van der Waals surface area contributed by atoms with Gasteiger partial charge in [-0.2, -0.15) is 0 Å². The molecular weight excluding hydrogens is 196 g/mol. The van der Waals surface area contributed by atoms with Crippen LogP contribution in [0.4, 0.5) is 0 Å². The van der Waals surface area contributed by atoms with E-state index in [0.717, 1.165) is 6.54 Å². The summed E-state index contributed by atoms with van der Waals surface area (Å²) in [7, 11) is 0. The molecule has 0 bridgehead atoms. The van der Waals surface area contributed by atoms with E-state index in [1.54, 1.807) is 0 Å². The van der Waals surface area contributed by atoms with Gasteiger partial charge in [-0.15, -0.1) is 0 Å². The van der Waals surface area contributed by atoms with Gasteiger partial charge in [-0.25, -0.2) is 0 Å². The molecule has 0 aromatic rings. The predicted octanol–water partition coefficient (Wildman–Crippen LogP) is 3.28. The summed E-state index contributed by atoms with van der Waals surface area (Å²) in [5.41, 5.74) is 0.270. The maximum absolute atomic E-state index is 3.54. The Hall–Kier alpha value is -0.0800. The maximum atomic E-state index is 3.54. The summed E-state index contributed by atoms with van der Waals surface area (Å²) < 4.78 is 0. The summed E-state index contributed by atoms with van der Waals surface area (Å²) in [6, 6.07) is 0. The summed E-state index contributed by atoms with van der Waals surface area (Å²) in [6.45, 7) is 16.1. The smallest absolute Gasteiger partial charge is 0.00965 e. The summed E-state index contributed by atoms with van der Waals surface area (Å²) in [4.78, 5) is 2.57. The van der Waals surface area contributed by atoms with Crippen molar-refractivity contribution in [1.29, 1.82) is 0 Å². The third-order valence-corrected chi connectivity index (χ3v) is 2.83. The molecule has 0 aliphatic carbocycles. The summed E-state index contributed by atoms with van der Waals surface area (Å²) in [6.07, 6.45) is 5.26. The largest absolute Gasteiger partial charge is 0.312 e. The highest BCUT2D eigenvalue weighted by molar-refractivity contribution is 4.69. The van der Waals surface area contributed by atoms with Crippen LogP contribution >= 0.6 is 0 Å². The number of hydrogen-bond donors (Lipinski definition) is 1. The highest BCUT2D eigenvalue weighted by atomic mass is 15.1. The molecule has 0 rings (SSSR count). The van der Waals surface area contributed by atoms with Crippen molar-refractivity contribution in [3.63, 3.8) is 0 Å². The first-order valence-electron chi connectivity index (χ1n) is 6.97. The monoisotopic (exact) mass is 228 g/mol. The van der Waals surface area contributed by atoms with Crippen LogP contribution in [0.2, 0.25) is 0 Å². The molecule has 0 saturated carbocycles. The highest BCUT2D eigenvalue weighted by Gasteiger charge is 2.07. The molecule has 0 saturated heterocycles. The maximum Gasteiger partial charge on any atom is 0.00965 e. The first-order chi connectivity index (χ1) is 7.49. The SMILES string of the molecule is CCCCN(CC)CCCCNC(C)(C)C. The molecule has 0 atom stereocenters. The quantitative estimate of drug-likeness (QED) is 0.609. The van der Waals surface area contributed by atoms with E-state index in [1.807, 2.05) is 0 Å². The fraction of sp³-hybridized carbons (Fsp3) is 1.00. The van der Waals surface area contributed by atoms with E-state index in [1.165, 1.54) is 45.3 Å². The molecule has 0 radical (unpaired) electrons. The molecule has 98 valence electrons. The minimum absolute atomic E-state index is 0.270. The van der Waals surface area contributed by atoms with Crippen LogP contribution in [0.1, 0.15) is 60.3 Å². The van der Waals surface area contributed by atoms with Crippen molar-refractivity contribution >= 4 is 0 Å². The molecule has 2 nitrogen and oxygen atoms in total. The first kappa shape index (κ1) is 15.9. The van der Waals surface area contributed by atoms with Crippen LogP contribution < -0.4 is 5.32 Å². The topological polar surface area (TPSA) is 15.3 Å². The summed E-state index contributed by atoms with van der Waals surface area (Å²) in [5, 5.41) is 3.54. The van der Waals surface area contributed by atoms with Gasteiger partial charge in [-0.05, 0) is 66.2 Å². The number of unbranched alkanes of at least 4 members (excludes halogenated alkanes) is 2. The molecule has 16 heavy (non-hydrogen) atoms. The van der Waals surface area contributed by atoms with Crippen molar-refractivity contribution in [2.45, 2.75) is 65.8 Å². The highest BCUT2D eigenvalue weighted by Crippen LogP contribution is 2.01. The van der Waals surface area contributed by atoms with E-state index in [0.29, 0.717) is 0 Å². The average Bonchev–Trinajstić information content (AvgIpc) is 2.20. The lowest BCUT2D eigenvalue weighted by Crippen LogP contribution is -2.36. The van der Waals surface area contributed by atoms with Crippen LogP contribution in [0.3, 0.4) is 0 Å². The second kappa shape index (κ2) is 9.00. The Morgan fingerprint density at radius 3 is 2.06 bits per heavy atom. The number of nitrogens with zero attached hydrogens (tertiary/aromatic N) is 1. The van der Waals surface area contributed by atoms with Gasteiger partial charge in [0, 0.05) is 5.54 Å². The van der Waals surface area contributed by atoms with Crippen molar-refractivity contribution in [1.82, 2.24) is 10.2 Å². The molecule has 0 aromatic carbocycles. The van der Waals surface area contributed by atoms with Crippen LogP contribution in [0, 0.1) is 0 Å². The third kappa shape index (κ3) is 10.4. The van der Waals surface area contributed by atoms with Gasteiger partial charge < -0.3 is 10.2 Å². The zero-order valence-electron chi connectivity index (χ0n) is 12.1. The minimum Gasteiger partial charge on any atom is -0.312 e. The van der Waals surface area contributed by atoms with Crippen LogP contribution in [0.5, 0.6) is 0 Å². The second-order valence-corrected chi connectivity index (χ2v) is 5.67. The Balaban J connectivity index is 3.41. The molecule has 0 heterocycles. The van der Waals surface area contributed by atoms with E-state index >= 15 is 0 Å². The number of nitrogens with one attached hydrogen (secondary N) is 1. The van der Waals surface area contributed by atoms with Crippen LogP contribution in [-0.4, -0.2) is 36.6 Å². The Kier molecular flexibility index (Phi) is 8.96. The summed E-state index contributed by atoms with van der Waals surface area (Å²) >= 11 is 0. The zero-order valence-corrected chi connectivity index (χ0v) is 12.1. The lowest BCUT2D eigenvalue weighted by molar-refractivity contribution is 0.275. The minimum atomic E-state index is 0.270. The lowest BCUT2D eigenvalue weighted by atomic mass is 10.1. The molecule has 0 unspecified atom stereocenters. The van der Waals surface area contributed by atoms with Gasteiger partial charge in [0.15, 0.2) is 0 Å². The van der Waals surface area contributed by atoms with Crippen LogP contribution in [0.25, 0.3) is 0 Å². The van der Waals surface area contributed by atoms with Crippen molar-refractivity contribution in [2.75, 3.05) is 26.2 Å². The Morgan fingerprint density at radius 2 is 1.56 bits per heavy atom. The van der Waals surface area contributed by atoms with Crippen molar-refractivity contribution in [3.05, 3.63) is 0 Å². The van der Waals surface area contributed by atoms with Crippen LogP contribution in [-0.2, 0) is 0 Å². The van der Waals surface area contributed by atoms with E-state index < -0.39 is 0 Å². The molecule has 0 aliphatic rings. The Bertz CT molecular complexity index is 149. The molecule has 1 N–H and O–H groups in total. The summed E-state index contributed by atoms with van der Waals surface area (Å²) in [5.74, 6) is 0. The van der Waals surface area contributed by atoms with Crippen LogP contribution in [0.15, 0.2) is 0 Å². The van der Waals surface area contributed by atoms with Gasteiger partial charge in [0.2, 0.25) is 0 Å². The Labute approximate surface area is 103 Å². The molecule has 2 heteroatoms. The predicted molar refractivity (Wildman–Crippen MR) is 74.0 cm³/mol. The molecular formula is C14H32N2. The van der Waals surface area contributed by atoms with E-state index in [2.05, 4.69) is 44.8 Å². The van der Waals surface area contributed by atoms with Gasteiger partial charge in [0.05, 0.1) is 0 Å². The third-order valence-electron chi connectivity index (χ3n) is 2.83. The van der Waals surface area contributed by atoms with Crippen molar-refractivity contribution in [2.24, 2.45) is 0 Å². The normalized spacial score (nSPS) is 12.4. The molecule has 0 aromatic heterocycles. The lowest BCUT2D eigenvalue weighted by Gasteiger charge is -2.22. The number of rotatable bonds is 9. The van der Waals surface area contributed by atoms with Crippen molar-refractivity contribution in [3.8, 4) is 0 Å². The first-order valence-corrected chi connectivity index (χ1v) is 6.97. The number of hydrogen-bond acceptors (Lipinski definition) is 2. The fourth-order valence-electron chi connectivity index (χ4n) is 1.73. The van der Waals surface area contributed by atoms with Gasteiger partial charge in [-0.3, -0.25) is 0 Å². The van der Waals surface area contributed by atoms with E-state index in [9.17, 15) is 0 Å². The zero-order chi connectivity index (χ0) is 12.4. The van der Waals surface area contributed by atoms with Gasteiger partial charge in [0.25, 0.3) is 0 Å². The van der Waals surface area contributed by atoms with Gasteiger partial charge in [0.1, 0.15) is 0 Å². The molecule has 0 amide bonds. The molecule has 0 aliphatic heterocycles. The van der Waals surface area contributed by atoms with E-state index in [-0.39, 0.29) is 5.54 Å². The average molecular weight is 228 g/mol. The molecule has 0 fully saturated rings. The fourth-order valence-corrected chi connectivity index (χ4v) is 1.73. The molecule has 0 spiro atoms. The second-order valence-electron chi connectivity index (χ2n) is 5.67.